The van der Waals surface area contributed by atoms with E-state index in [1.54, 1.807) is 35.0 Å². The molecule has 0 fully saturated rings. The lowest BCUT2D eigenvalue weighted by atomic mass is 9.69. The van der Waals surface area contributed by atoms with Gasteiger partial charge in [-0.1, -0.05) is 41.5 Å². The lowest BCUT2D eigenvalue weighted by Crippen LogP contribution is -2.54. The third-order valence-electron chi connectivity index (χ3n) is 7.91. The fourth-order valence-corrected chi connectivity index (χ4v) is 7.42. The van der Waals surface area contributed by atoms with Crippen molar-refractivity contribution in [3.05, 3.63) is 63.6 Å². The third kappa shape index (κ3) is 7.13. The molecule has 0 radical (unpaired) electrons. The minimum absolute atomic E-state index is 0.194. The van der Waals surface area contributed by atoms with Gasteiger partial charge in [-0.15, -0.1) is 0 Å². The average Bonchev–Trinajstić information content (AvgIpc) is 2.81. The van der Waals surface area contributed by atoms with E-state index in [0.717, 1.165) is 24.8 Å². The van der Waals surface area contributed by atoms with Gasteiger partial charge in [0.05, 0.1) is 17.2 Å². The average molecular weight is 581 g/mol. The van der Waals surface area contributed by atoms with E-state index in [-0.39, 0.29) is 16.4 Å². The van der Waals surface area contributed by atoms with Gasteiger partial charge in [-0.25, -0.2) is 0 Å². The van der Waals surface area contributed by atoms with Gasteiger partial charge in [-0.05, 0) is 86.9 Å². The minimum Gasteiger partial charge on any atom is -0.484 e. The number of nitriles is 1. The number of carbonyl (C=O) groups excluding carboxylic acids is 1. The zero-order valence-corrected chi connectivity index (χ0v) is 27.9. The summed E-state index contributed by atoms with van der Waals surface area (Å²) in [6, 6.07) is 10.3. The summed E-state index contributed by atoms with van der Waals surface area (Å²) in [7, 11) is -1.52. The zero-order valence-electron chi connectivity index (χ0n) is 26.8. The van der Waals surface area contributed by atoms with E-state index in [4.69, 9.17) is 13.9 Å². The molecule has 41 heavy (non-hydrogen) atoms. The number of hydrogen-bond acceptors (Lipinski definition) is 6. The van der Waals surface area contributed by atoms with Crippen LogP contribution in [0.1, 0.15) is 104 Å². The summed E-state index contributed by atoms with van der Waals surface area (Å²) in [6.07, 6.45) is 3.81. The van der Waals surface area contributed by atoms with Crippen LogP contribution in [0, 0.1) is 22.2 Å². The Morgan fingerprint density at radius 3 is 2.27 bits per heavy atom. The zero-order chi connectivity index (χ0) is 31.0. The fourth-order valence-electron chi connectivity index (χ4n) is 6.00. The van der Waals surface area contributed by atoms with Crippen molar-refractivity contribution < 1.29 is 18.7 Å². The Kier molecular flexibility index (Phi) is 9.37. The topological polar surface area (TPSA) is 90.5 Å². The largest absolute Gasteiger partial charge is 0.484 e. The minimum atomic E-state index is -1.52. The van der Waals surface area contributed by atoms with Crippen molar-refractivity contribution >= 4 is 15.0 Å². The second-order valence-corrected chi connectivity index (χ2v) is 16.7. The monoisotopic (exact) mass is 580 g/mol. The van der Waals surface area contributed by atoms with Crippen LogP contribution in [0.2, 0.25) is 13.1 Å². The molecule has 0 saturated heterocycles. The van der Waals surface area contributed by atoms with E-state index in [1.807, 2.05) is 19.9 Å². The number of hydrogen-bond donors (Lipinski definition) is 0. The van der Waals surface area contributed by atoms with Gasteiger partial charge in [0.15, 0.2) is 15.1 Å². The molecule has 7 nitrogen and oxygen atoms in total. The van der Waals surface area contributed by atoms with Gasteiger partial charge >= 0.3 is 5.97 Å². The summed E-state index contributed by atoms with van der Waals surface area (Å²) < 4.78 is 20.6. The van der Waals surface area contributed by atoms with Crippen molar-refractivity contribution in [1.29, 1.82) is 5.26 Å². The number of carbonyl (C=O) groups is 1. The van der Waals surface area contributed by atoms with Crippen LogP contribution >= 0.6 is 0 Å². The van der Waals surface area contributed by atoms with Crippen LogP contribution in [0.3, 0.4) is 0 Å². The van der Waals surface area contributed by atoms with Gasteiger partial charge in [-0.3, -0.25) is 9.59 Å². The van der Waals surface area contributed by atoms with Gasteiger partial charge in [0, 0.05) is 24.8 Å². The van der Waals surface area contributed by atoms with Crippen LogP contribution in [0.4, 0.5) is 0 Å². The number of fused-ring (bicyclic) bond motifs is 1. The maximum Gasteiger partial charge on any atom is 0.303 e. The molecule has 0 spiro atoms. The predicted octanol–water partition coefficient (Wildman–Crippen LogP) is 6.87. The molecule has 0 amide bonds. The Labute approximate surface area is 247 Å². The normalized spacial score (nSPS) is 20.0. The Hall–Kier alpha value is -2.89. The van der Waals surface area contributed by atoms with Crippen LogP contribution in [-0.4, -0.2) is 31.3 Å². The lowest BCUT2D eigenvalue weighted by molar-refractivity contribution is -0.163. The molecule has 1 aliphatic rings. The van der Waals surface area contributed by atoms with Crippen molar-refractivity contribution in [3.63, 3.8) is 0 Å². The lowest BCUT2D eigenvalue weighted by Gasteiger charge is -2.47. The number of nitrogens with zero attached hydrogens (tertiary/aromatic N) is 2. The van der Waals surface area contributed by atoms with Gasteiger partial charge < -0.3 is 18.5 Å². The van der Waals surface area contributed by atoms with Crippen LogP contribution in [0.15, 0.2) is 41.3 Å². The van der Waals surface area contributed by atoms with Crippen molar-refractivity contribution in [3.8, 4) is 11.8 Å². The summed E-state index contributed by atoms with van der Waals surface area (Å²) in [5.74, 6) is 0.0841. The highest BCUT2D eigenvalue weighted by atomic mass is 28.3. The van der Waals surface area contributed by atoms with Crippen LogP contribution in [-0.2, 0) is 19.6 Å². The van der Waals surface area contributed by atoms with E-state index in [2.05, 4.69) is 60.7 Å². The molecule has 3 rings (SSSR count). The number of pyridine rings is 1. The quantitative estimate of drug-likeness (QED) is 0.250. The molecule has 1 unspecified atom stereocenters. The van der Waals surface area contributed by atoms with Gasteiger partial charge in [0.1, 0.15) is 17.4 Å². The van der Waals surface area contributed by atoms with E-state index in [1.165, 1.54) is 6.92 Å². The second-order valence-electron chi connectivity index (χ2n) is 14.4. The molecule has 0 N–H and O–H groups in total. The van der Waals surface area contributed by atoms with Crippen molar-refractivity contribution in [1.82, 2.24) is 4.57 Å². The first kappa shape index (κ1) is 32.6. The standard InChI is InChI=1S/C33H48N2O5Si/c1-22(36)38-29-28(25-19-23(21-34)13-14-26(25)39-32(29,8)9)35-18-15-24(20-27(35)37)33(31(5,6)7,40-41(10)11)17-12-16-30(2,3)4/h13-15,18-20,28-29,41H,12,16-17H2,1-11H3/t28-,29+,33?/m0/s1. The number of rotatable bonds is 8. The maximum atomic E-state index is 14.1. The molecule has 0 aliphatic carbocycles. The molecule has 3 atom stereocenters. The van der Waals surface area contributed by atoms with Crippen LogP contribution in [0.25, 0.3) is 0 Å². The molecule has 8 heteroatoms. The summed E-state index contributed by atoms with van der Waals surface area (Å²) in [6.45, 7) is 22.7. The first-order valence-electron chi connectivity index (χ1n) is 14.6. The maximum absolute atomic E-state index is 14.1. The van der Waals surface area contributed by atoms with Gasteiger partial charge in [0.2, 0.25) is 0 Å². The van der Waals surface area contributed by atoms with Gasteiger partial charge in [-0.2, -0.15) is 5.26 Å². The molecular formula is C33H48N2O5Si. The summed E-state index contributed by atoms with van der Waals surface area (Å²) in [5.41, 5.74) is 0.0655. The molecule has 1 aromatic heterocycles. The molecule has 0 saturated carbocycles. The second kappa shape index (κ2) is 11.8. The molecule has 2 aromatic rings. The Balaban J connectivity index is 2.23. The molecule has 1 aromatic carbocycles. The smallest absolute Gasteiger partial charge is 0.303 e. The number of benzene rings is 1. The van der Waals surface area contributed by atoms with Crippen molar-refractivity contribution in [2.75, 3.05) is 0 Å². The van der Waals surface area contributed by atoms with Crippen molar-refractivity contribution in [2.45, 2.75) is 118 Å². The Morgan fingerprint density at radius 2 is 1.76 bits per heavy atom. The Bertz CT molecular complexity index is 1360. The molecule has 0 bridgehead atoms. The number of ether oxygens (including phenoxy) is 2. The van der Waals surface area contributed by atoms with Gasteiger partial charge in [0.25, 0.3) is 5.56 Å². The van der Waals surface area contributed by atoms with E-state index in [9.17, 15) is 14.9 Å². The van der Waals surface area contributed by atoms with Crippen LogP contribution < -0.4 is 10.3 Å². The highest BCUT2D eigenvalue weighted by Crippen LogP contribution is 2.48. The molecule has 1 aliphatic heterocycles. The Morgan fingerprint density at radius 1 is 1.10 bits per heavy atom. The summed E-state index contributed by atoms with van der Waals surface area (Å²) in [5, 5.41) is 9.60. The molecular weight excluding hydrogens is 532 g/mol. The molecule has 224 valence electrons. The fraction of sp³-hybridized carbons (Fsp3) is 0.606. The number of esters is 1. The first-order chi connectivity index (χ1) is 18.8. The number of aromatic nitrogens is 1. The van der Waals surface area contributed by atoms with Crippen molar-refractivity contribution in [2.24, 2.45) is 10.8 Å². The summed E-state index contributed by atoms with van der Waals surface area (Å²) in [4.78, 5) is 26.3. The van der Waals surface area contributed by atoms with E-state index >= 15 is 0 Å². The third-order valence-corrected chi connectivity index (χ3v) is 8.79. The summed E-state index contributed by atoms with van der Waals surface area (Å²) >= 11 is 0. The predicted molar refractivity (Wildman–Crippen MR) is 165 cm³/mol. The highest BCUT2D eigenvalue weighted by Gasteiger charge is 2.49. The van der Waals surface area contributed by atoms with E-state index in [0.29, 0.717) is 16.9 Å². The first-order valence-corrected chi connectivity index (χ1v) is 17.4. The SMILES string of the molecule is CC(=O)O[C@@H]1[C@@H](n2ccc(C(CCCC(C)(C)C)(O[SiH](C)C)C(C)(C)C)cc2=O)c2cc(C#N)ccc2OC1(C)C. The molecule has 2 heterocycles. The van der Waals surface area contributed by atoms with Crippen LogP contribution in [0.5, 0.6) is 5.75 Å². The van der Waals surface area contributed by atoms with E-state index < -0.39 is 38.4 Å². The highest BCUT2D eigenvalue weighted by molar-refractivity contribution is 6.48.